The number of nitrogens with zero attached hydrogens (tertiary/aromatic N) is 4. The van der Waals surface area contributed by atoms with E-state index in [0.29, 0.717) is 14.3 Å². The van der Waals surface area contributed by atoms with E-state index in [9.17, 15) is 13.2 Å². The number of anilines is 1. The number of hydrogen-bond donors (Lipinski definition) is 0. The largest absolute Gasteiger partial charge is 0.294 e. The maximum Gasteiger partial charge on any atom is 0.294 e. The van der Waals surface area contributed by atoms with Crippen molar-refractivity contribution in [2.24, 2.45) is 4.40 Å². The fourth-order valence-corrected chi connectivity index (χ4v) is 8.41. The molecule has 0 saturated carbocycles. The number of hydrogen-bond acceptors (Lipinski definition) is 9. The summed E-state index contributed by atoms with van der Waals surface area (Å²) in [7, 11) is -4.01. The van der Waals surface area contributed by atoms with Crippen LogP contribution >= 0.6 is 57.8 Å². The first-order chi connectivity index (χ1) is 14.7. The topological polar surface area (TPSA) is 82.9 Å². The Balaban J connectivity index is 1.79. The molecule has 2 aliphatic heterocycles. The van der Waals surface area contributed by atoms with E-state index in [2.05, 4.69) is 16.0 Å². The van der Waals surface area contributed by atoms with Crippen molar-refractivity contribution >= 4 is 84.0 Å². The Labute approximate surface area is 201 Å². The molecule has 0 atom stereocenters. The van der Waals surface area contributed by atoms with Crippen LogP contribution in [0.3, 0.4) is 0 Å². The molecule has 0 aliphatic carbocycles. The van der Waals surface area contributed by atoms with Crippen molar-refractivity contribution in [3.63, 3.8) is 0 Å². The lowest BCUT2D eigenvalue weighted by Crippen LogP contribution is -2.30. The maximum absolute atomic E-state index is 13.3. The molecule has 1 amide bonds. The van der Waals surface area contributed by atoms with Crippen molar-refractivity contribution in [1.29, 1.82) is 0 Å². The number of thiazole rings is 1. The molecule has 7 nitrogen and oxygen atoms in total. The molecular weight excluding hydrogens is 516 g/mol. The Morgan fingerprint density at radius 1 is 1.29 bits per heavy atom. The number of rotatable bonds is 5. The van der Waals surface area contributed by atoms with Gasteiger partial charge in [-0.25, -0.2) is 4.98 Å². The molecule has 0 spiro atoms. The van der Waals surface area contributed by atoms with Gasteiger partial charge in [-0.15, -0.1) is 33.7 Å². The molecule has 0 N–H and O–H groups in total. The molecule has 1 saturated heterocycles. The van der Waals surface area contributed by atoms with Gasteiger partial charge in [0.1, 0.15) is 14.1 Å². The van der Waals surface area contributed by atoms with E-state index < -0.39 is 10.0 Å². The van der Waals surface area contributed by atoms with Crippen LogP contribution in [0.5, 0.6) is 0 Å². The summed E-state index contributed by atoms with van der Waals surface area (Å²) in [6.45, 7) is 7.75. The summed E-state index contributed by atoms with van der Waals surface area (Å²) in [6, 6.07) is 2.90. The molecule has 0 bridgehead atoms. The molecule has 0 radical (unpaired) electrons. The highest BCUT2D eigenvalue weighted by Gasteiger charge is 2.41. The number of halogens is 1. The number of thioether (sulfide) groups is 2. The number of carbonyl (C=O) groups is 1. The van der Waals surface area contributed by atoms with Crippen LogP contribution in [0, 0.1) is 0 Å². The van der Waals surface area contributed by atoms with E-state index in [1.807, 2.05) is 24.1 Å². The van der Waals surface area contributed by atoms with Crippen LogP contribution in [0.15, 0.2) is 65.5 Å². The fourth-order valence-electron chi connectivity index (χ4n) is 2.76. The minimum atomic E-state index is -4.01. The summed E-state index contributed by atoms with van der Waals surface area (Å²) in [5.74, 6) is -0.324. The number of carbonyl (C=O) groups excluding carboxylic acids is 1. The number of amidine groups is 1. The third-order valence-corrected chi connectivity index (χ3v) is 10.5. The molecule has 4 rings (SSSR count). The van der Waals surface area contributed by atoms with Gasteiger partial charge in [0.15, 0.2) is 10.3 Å². The Bertz CT molecular complexity index is 1260. The van der Waals surface area contributed by atoms with Crippen LogP contribution in [0.1, 0.15) is 13.8 Å². The first-order valence-corrected chi connectivity index (χ1v) is 13.9. The summed E-state index contributed by atoms with van der Waals surface area (Å²) in [5, 5.41) is 3.37. The Morgan fingerprint density at radius 2 is 2.06 bits per heavy atom. The van der Waals surface area contributed by atoms with Crippen molar-refractivity contribution in [3.8, 4) is 0 Å². The van der Waals surface area contributed by atoms with Crippen molar-refractivity contribution in [1.82, 2.24) is 9.88 Å². The van der Waals surface area contributed by atoms with E-state index in [0.717, 1.165) is 38.8 Å². The van der Waals surface area contributed by atoms with Crippen LogP contribution in [-0.2, 0) is 14.8 Å². The second kappa shape index (κ2) is 8.75. The van der Waals surface area contributed by atoms with Gasteiger partial charge < -0.3 is 0 Å². The molecule has 162 valence electrons. The van der Waals surface area contributed by atoms with Crippen LogP contribution in [-0.4, -0.2) is 35.9 Å². The van der Waals surface area contributed by atoms with Gasteiger partial charge in [-0.05, 0) is 37.7 Å². The van der Waals surface area contributed by atoms with Gasteiger partial charge >= 0.3 is 0 Å². The van der Waals surface area contributed by atoms with Crippen LogP contribution < -0.4 is 4.90 Å². The highest BCUT2D eigenvalue weighted by atomic mass is 35.5. The quantitative estimate of drug-likeness (QED) is 0.381. The van der Waals surface area contributed by atoms with Gasteiger partial charge in [-0.1, -0.05) is 29.4 Å². The second-order valence-electron chi connectivity index (χ2n) is 6.24. The molecule has 0 aromatic carbocycles. The zero-order chi connectivity index (χ0) is 22.3. The van der Waals surface area contributed by atoms with E-state index in [-0.39, 0.29) is 21.8 Å². The number of amides is 1. The van der Waals surface area contributed by atoms with Gasteiger partial charge in [0, 0.05) is 28.7 Å². The molecule has 2 aromatic heterocycles. The predicted molar refractivity (Wildman–Crippen MR) is 131 cm³/mol. The zero-order valence-electron chi connectivity index (χ0n) is 16.2. The van der Waals surface area contributed by atoms with Gasteiger partial charge in [-0.3, -0.25) is 14.6 Å². The third-order valence-electron chi connectivity index (χ3n) is 4.28. The summed E-state index contributed by atoms with van der Waals surface area (Å²) in [4.78, 5) is 22.3. The third kappa shape index (κ3) is 4.24. The zero-order valence-corrected chi connectivity index (χ0v) is 21.1. The van der Waals surface area contributed by atoms with Gasteiger partial charge in [-0.2, -0.15) is 8.42 Å². The number of sulfonamides is 1. The van der Waals surface area contributed by atoms with E-state index in [1.54, 1.807) is 6.20 Å². The molecule has 31 heavy (non-hydrogen) atoms. The average molecular weight is 531 g/mol. The average Bonchev–Trinajstić information content (AvgIpc) is 3.48. The van der Waals surface area contributed by atoms with Crippen molar-refractivity contribution < 1.29 is 13.2 Å². The Kier molecular flexibility index (Phi) is 6.39. The molecule has 2 aromatic rings. The van der Waals surface area contributed by atoms with E-state index in [4.69, 9.17) is 11.6 Å². The minimum absolute atomic E-state index is 0.0192. The molecule has 1 fully saturated rings. The SMILES string of the molecule is C=CCN1C(=O)C(=C2SC(C)=C(C)N2c2nccs2)SC1=NS(=O)(=O)c1ccc(Cl)s1. The Hall–Kier alpha value is -1.57. The second-order valence-corrected chi connectivity index (χ2v) is 12.8. The summed E-state index contributed by atoms with van der Waals surface area (Å²) >= 11 is 10.8. The minimum Gasteiger partial charge on any atom is -0.282 e. The summed E-state index contributed by atoms with van der Waals surface area (Å²) in [5.41, 5.74) is 0.970. The lowest BCUT2D eigenvalue weighted by molar-refractivity contribution is -0.121. The molecule has 4 heterocycles. The lowest BCUT2D eigenvalue weighted by atomic mass is 10.4. The smallest absolute Gasteiger partial charge is 0.282 e. The van der Waals surface area contributed by atoms with Crippen LogP contribution in [0.4, 0.5) is 5.13 Å². The fraction of sp³-hybridized carbons (Fsp3) is 0.167. The normalized spacial score (nSPS) is 21.1. The van der Waals surface area contributed by atoms with E-state index >= 15 is 0 Å². The van der Waals surface area contributed by atoms with Gasteiger partial charge in [0.2, 0.25) is 0 Å². The first-order valence-electron chi connectivity index (χ1n) is 8.73. The highest BCUT2D eigenvalue weighted by Crippen LogP contribution is 2.49. The number of thiophene rings is 1. The molecular formula is C18H15ClN4O3S5. The summed E-state index contributed by atoms with van der Waals surface area (Å²) in [6.07, 6.45) is 3.23. The van der Waals surface area contributed by atoms with Crippen molar-refractivity contribution in [3.05, 3.63) is 61.2 Å². The first kappa shape index (κ1) is 22.6. The maximum atomic E-state index is 13.3. The molecule has 13 heteroatoms. The van der Waals surface area contributed by atoms with Crippen molar-refractivity contribution in [2.45, 2.75) is 18.1 Å². The number of allylic oxidation sites excluding steroid dienone is 2. The highest BCUT2D eigenvalue weighted by molar-refractivity contribution is 8.20. The monoisotopic (exact) mass is 530 g/mol. The van der Waals surface area contributed by atoms with Gasteiger partial charge in [0.05, 0.1) is 4.34 Å². The summed E-state index contributed by atoms with van der Waals surface area (Å²) < 4.78 is 29.9. The van der Waals surface area contributed by atoms with E-state index in [1.165, 1.54) is 46.2 Å². The van der Waals surface area contributed by atoms with Crippen molar-refractivity contribution in [2.75, 3.05) is 11.4 Å². The molecule has 2 aliphatic rings. The molecule has 0 unspecified atom stereocenters. The van der Waals surface area contributed by atoms with Gasteiger partial charge in [0.25, 0.3) is 15.9 Å². The standard InChI is InChI=1S/C18H15ClN4O3S5/c1-4-8-22-15(24)14(16-23(10(2)11(3)28-16)17-20-7-9-27-17)30-18(22)21-31(25,26)13-6-5-12(19)29-13/h4-7,9H,1,8H2,2-3H3. The number of aromatic nitrogens is 1. The Morgan fingerprint density at radius 3 is 2.68 bits per heavy atom. The van der Waals surface area contributed by atoms with Crippen LogP contribution in [0.2, 0.25) is 4.34 Å². The van der Waals surface area contributed by atoms with Crippen LogP contribution in [0.25, 0.3) is 0 Å². The predicted octanol–water partition coefficient (Wildman–Crippen LogP) is 5.34. The lowest BCUT2D eigenvalue weighted by Gasteiger charge is -2.19.